The summed E-state index contributed by atoms with van der Waals surface area (Å²) in [6.07, 6.45) is 2.10. The zero-order chi connectivity index (χ0) is 14.8. The van der Waals surface area contributed by atoms with Gasteiger partial charge in [-0.15, -0.1) is 0 Å². The number of hydrogen-bond donors (Lipinski definition) is 1. The molecular weight excluding hydrogens is 230 g/mol. The number of rotatable bonds is 4. The maximum absolute atomic E-state index is 11.3. The lowest BCUT2D eigenvalue weighted by molar-refractivity contribution is -0.121. The van der Waals surface area contributed by atoms with Gasteiger partial charge in [-0.1, -0.05) is 47.5 Å². The first-order valence-corrected chi connectivity index (χ1v) is 6.64. The van der Waals surface area contributed by atoms with Gasteiger partial charge in [0.1, 0.15) is 0 Å². The molecule has 0 heterocycles. The van der Waals surface area contributed by atoms with Crippen LogP contribution in [0, 0.1) is 5.41 Å². The molecule has 0 aliphatic heterocycles. The Labute approximate surface area is 111 Å². The summed E-state index contributed by atoms with van der Waals surface area (Å²) in [6, 6.07) is -0.499. The monoisotopic (exact) mass is 259 g/mol. The Balaban J connectivity index is 0. The normalized spacial score (nSPS) is 11.9. The summed E-state index contributed by atoms with van der Waals surface area (Å²) < 4.78 is 4.72. The molecule has 1 unspecified atom stereocenters. The third kappa shape index (κ3) is 10.1. The highest BCUT2D eigenvalue weighted by Crippen LogP contribution is 2.19. The highest BCUT2D eigenvalue weighted by atomic mass is 16.5. The number of nitrogens with one attached hydrogen (secondary N) is 1. The van der Waals surface area contributed by atoms with Crippen molar-refractivity contribution in [3.05, 3.63) is 0 Å². The van der Waals surface area contributed by atoms with E-state index in [1.807, 2.05) is 20.8 Å². The Morgan fingerprint density at radius 3 is 1.78 bits per heavy atom. The van der Waals surface area contributed by atoms with Gasteiger partial charge in [0.2, 0.25) is 0 Å². The maximum atomic E-state index is 11.3. The average Bonchev–Trinajstić information content (AvgIpc) is 2.24. The molecule has 108 valence electrons. The maximum Gasteiger partial charge on any atom is 0.407 e. The Morgan fingerprint density at radius 1 is 1.11 bits per heavy atom. The standard InChI is InChI=1S/C10H19NO3.C4H10/c1-6-14-9(13)11-8(7(2)12)10(3,4)5;1-3-4-2/h8H,6H2,1-5H3,(H,11,13);3-4H2,1-2H3. The number of carbonyl (C=O) groups excluding carboxylic acids is 2. The van der Waals surface area contributed by atoms with Crippen molar-refractivity contribution in [2.45, 2.75) is 67.3 Å². The van der Waals surface area contributed by atoms with Gasteiger partial charge in [-0.3, -0.25) is 4.79 Å². The average molecular weight is 259 g/mol. The Kier molecular flexibility index (Phi) is 10.6. The predicted molar refractivity (Wildman–Crippen MR) is 74.7 cm³/mol. The third-order valence-electron chi connectivity index (χ3n) is 2.31. The predicted octanol–water partition coefficient (Wildman–Crippen LogP) is 3.54. The van der Waals surface area contributed by atoms with Gasteiger partial charge in [0, 0.05) is 0 Å². The van der Waals surface area contributed by atoms with Crippen LogP contribution in [0.25, 0.3) is 0 Å². The number of alkyl carbamates (subject to hydrolysis) is 1. The lowest BCUT2D eigenvalue weighted by Crippen LogP contribution is -2.48. The van der Waals surface area contributed by atoms with Gasteiger partial charge in [0.25, 0.3) is 0 Å². The Hall–Kier alpha value is -1.06. The molecule has 0 aromatic rings. The van der Waals surface area contributed by atoms with Crippen LogP contribution in [0.2, 0.25) is 0 Å². The van der Waals surface area contributed by atoms with Crippen LogP contribution in [0.4, 0.5) is 4.79 Å². The van der Waals surface area contributed by atoms with Crippen molar-refractivity contribution in [1.29, 1.82) is 0 Å². The quantitative estimate of drug-likeness (QED) is 0.840. The summed E-state index contributed by atoms with van der Waals surface area (Å²) >= 11 is 0. The summed E-state index contributed by atoms with van der Waals surface area (Å²) in [5.41, 5.74) is -0.293. The third-order valence-corrected chi connectivity index (χ3v) is 2.31. The second kappa shape index (κ2) is 9.92. The fraction of sp³-hybridized carbons (Fsp3) is 0.857. The molecule has 0 aliphatic carbocycles. The van der Waals surface area contributed by atoms with E-state index >= 15 is 0 Å². The second-order valence-corrected chi connectivity index (χ2v) is 5.27. The van der Waals surface area contributed by atoms with Gasteiger partial charge >= 0.3 is 6.09 Å². The topological polar surface area (TPSA) is 55.4 Å². The molecule has 0 bridgehead atoms. The largest absolute Gasteiger partial charge is 0.450 e. The number of amides is 1. The smallest absolute Gasteiger partial charge is 0.407 e. The lowest BCUT2D eigenvalue weighted by Gasteiger charge is -2.28. The van der Waals surface area contributed by atoms with E-state index in [2.05, 4.69) is 19.2 Å². The zero-order valence-electron chi connectivity index (χ0n) is 12.9. The van der Waals surface area contributed by atoms with Crippen molar-refractivity contribution in [2.24, 2.45) is 5.41 Å². The van der Waals surface area contributed by atoms with Crippen LogP contribution < -0.4 is 5.32 Å². The van der Waals surface area contributed by atoms with E-state index in [9.17, 15) is 9.59 Å². The molecule has 0 saturated carbocycles. The van der Waals surface area contributed by atoms with Crippen LogP contribution in [0.1, 0.15) is 61.3 Å². The lowest BCUT2D eigenvalue weighted by atomic mass is 9.85. The highest BCUT2D eigenvalue weighted by Gasteiger charge is 2.30. The van der Waals surface area contributed by atoms with Crippen LogP contribution in [-0.2, 0) is 9.53 Å². The molecular formula is C14H29NO3. The molecule has 4 heteroatoms. The number of unbranched alkanes of at least 4 members (excludes halogenated alkanes) is 1. The molecule has 1 amide bonds. The van der Waals surface area contributed by atoms with Gasteiger partial charge in [-0.25, -0.2) is 4.79 Å². The molecule has 0 rings (SSSR count). The second-order valence-electron chi connectivity index (χ2n) is 5.27. The Morgan fingerprint density at radius 2 is 1.56 bits per heavy atom. The summed E-state index contributed by atoms with van der Waals surface area (Å²) in [5.74, 6) is -0.0643. The molecule has 0 aromatic carbocycles. The summed E-state index contributed by atoms with van der Waals surface area (Å²) in [7, 11) is 0. The first kappa shape index (κ1) is 19.3. The van der Waals surface area contributed by atoms with E-state index in [4.69, 9.17) is 4.74 Å². The first-order valence-electron chi connectivity index (χ1n) is 6.64. The highest BCUT2D eigenvalue weighted by molar-refractivity contribution is 5.86. The number of Topliss-reactive ketones (excluding diaryl/α,β-unsaturated/α-hetero) is 1. The summed E-state index contributed by atoms with van der Waals surface area (Å²) in [6.45, 7) is 13.5. The fourth-order valence-electron chi connectivity index (χ4n) is 1.22. The minimum Gasteiger partial charge on any atom is -0.450 e. The van der Waals surface area contributed by atoms with Crippen LogP contribution in [0.15, 0.2) is 0 Å². The van der Waals surface area contributed by atoms with Crippen molar-refractivity contribution in [2.75, 3.05) is 6.61 Å². The van der Waals surface area contributed by atoms with E-state index in [0.717, 1.165) is 0 Å². The van der Waals surface area contributed by atoms with E-state index in [1.165, 1.54) is 19.8 Å². The molecule has 1 N–H and O–H groups in total. The van der Waals surface area contributed by atoms with Crippen LogP contribution in [0.3, 0.4) is 0 Å². The molecule has 0 saturated heterocycles. The van der Waals surface area contributed by atoms with Crippen molar-refractivity contribution in [3.8, 4) is 0 Å². The molecule has 0 radical (unpaired) electrons. The van der Waals surface area contributed by atoms with E-state index in [1.54, 1.807) is 6.92 Å². The Bertz CT molecular complexity index is 242. The SMILES string of the molecule is CCCC.CCOC(=O)NC(C(C)=O)C(C)(C)C. The molecule has 0 fully saturated rings. The van der Waals surface area contributed by atoms with E-state index in [0.29, 0.717) is 6.61 Å². The van der Waals surface area contributed by atoms with Crippen LogP contribution in [-0.4, -0.2) is 24.5 Å². The number of hydrogen-bond acceptors (Lipinski definition) is 3. The molecule has 0 aliphatic rings. The summed E-state index contributed by atoms with van der Waals surface area (Å²) in [4.78, 5) is 22.4. The van der Waals surface area contributed by atoms with Crippen molar-refractivity contribution < 1.29 is 14.3 Å². The van der Waals surface area contributed by atoms with Crippen LogP contribution >= 0.6 is 0 Å². The number of carbonyl (C=O) groups is 2. The summed E-state index contributed by atoms with van der Waals surface area (Å²) in [5, 5.41) is 2.55. The van der Waals surface area contributed by atoms with Gasteiger partial charge in [0.15, 0.2) is 5.78 Å². The van der Waals surface area contributed by atoms with Gasteiger partial charge in [-0.2, -0.15) is 0 Å². The van der Waals surface area contributed by atoms with E-state index < -0.39 is 12.1 Å². The molecule has 4 nitrogen and oxygen atoms in total. The molecule has 0 spiro atoms. The minimum atomic E-state index is -0.539. The van der Waals surface area contributed by atoms with Crippen LogP contribution in [0.5, 0.6) is 0 Å². The van der Waals surface area contributed by atoms with Crippen molar-refractivity contribution >= 4 is 11.9 Å². The van der Waals surface area contributed by atoms with Crippen molar-refractivity contribution in [3.63, 3.8) is 0 Å². The minimum absolute atomic E-state index is 0.0643. The fourth-order valence-corrected chi connectivity index (χ4v) is 1.22. The molecule has 1 atom stereocenters. The molecule has 18 heavy (non-hydrogen) atoms. The molecule has 0 aromatic heterocycles. The van der Waals surface area contributed by atoms with Gasteiger partial charge in [-0.05, 0) is 19.3 Å². The first-order chi connectivity index (χ1) is 8.20. The van der Waals surface area contributed by atoms with E-state index in [-0.39, 0.29) is 11.2 Å². The zero-order valence-corrected chi connectivity index (χ0v) is 12.9. The van der Waals surface area contributed by atoms with Crippen molar-refractivity contribution in [1.82, 2.24) is 5.32 Å². The number of ketones is 1. The van der Waals surface area contributed by atoms with Gasteiger partial charge < -0.3 is 10.1 Å². The number of ether oxygens (including phenoxy) is 1. The van der Waals surface area contributed by atoms with Gasteiger partial charge in [0.05, 0.1) is 12.6 Å².